The summed E-state index contributed by atoms with van der Waals surface area (Å²) in [6.45, 7) is 13.2. The Morgan fingerprint density at radius 1 is 1.09 bits per heavy atom. The Kier molecular flexibility index (Phi) is 8.70. The van der Waals surface area contributed by atoms with Crippen LogP contribution in [-0.4, -0.2) is 102 Å². The molecule has 0 saturated carbocycles. The Morgan fingerprint density at radius 2 is 1.86 bits per heavy atom. The molecule has 2 fully saturated rings. The normalized spacial score (nSPS) is 21.0. The lowest BCUT2D eigenvalue weighted by Gasteiger charge is -2.38. The van der Waals surface area contributed by atoms with Crippen LogP contribution < -0.4 is 14.5 Å². The van der Waals surface area contributed by atoms with Crippen molar-refractivity contribution in [2.75, 3.05) is 75.4 Å². The zero-order valence-electron chi connectivity index (χ0n) is 25.6. The molecule has 2 saturated heterocycles. The Labute approximate surface area is 257 Å². The molecular formula is C33H41FN6O4. The highest BCUT2D eigenvalue weighted by Gasteiger charge is 2.31. The van der Waals surface area contributed by atoms with E-state index < -0.39 is 17.5 Å². The standard InChI is InChI=1S/C33H41FN6O4/c1-23-7-4-8-25-9-5-10-28(29(23)25)40-13-11-26-27(21-40)35-32(43-19-6-12-37-18-20-44-33(3,42)22-37)36-30(26)38-14-16-39(17-15-38)31(41)24(2)34/h4-5,7-10,42H,2,6,11-22H2,1,3H3/t33-/m0/s1. The zero-order valence-corrected chi connectivity index (χ0v) is 25.6. The molecule has 0 spiro atoms. The fraction of sp³-hybridized carbons (Fsp3) is 0.485. The van der Waals surface area contributed by atoms with Crippen LogP contribution in [0.4, 0.5) is 15.9 Å². The molecule has 1 atom stereocenters. The molecule has 6 rings (SSSR count). The van der Waals surface area contributed by atoms with Gasteiger partial charge in [-0.1, -0.05) is 36.9 Å². The fourth-order valence-corrected chi connectivity index (χ4v) is 6.56. The number of aryl methyl sites for hydroxylation is 1. The van der Waals surface area contributed by atoms with Gasteiger partial charge < -0.3 is 29.3 Å². The van der Waals surface area contributed by atoms with Crippen molar-refractivity contribution >= 4 is 28.2 Å². The van der Waals surface area contributed by atoms with Gasteiger partial charge in [0, 0.05) is 62.5 Å². The number of fused-ring (bicyclic) bond motifs is 2. The van der Waals surface area contributed by atoms with E-state index in [1.807, 2.05) is 0 Å². The first-order valence-corrected chi connectivity index (χ1v) is 15.4. The second-order valence-corrected chi connectivity index (χ2v) is 12.1. The summed E-state index contributed by atoms with van der Waals surface area (Å²) < 4.78 is 25.1. The number of hydrogen-bond acceptors (Lipinski definition) is 9. The van der Waals surface area contributed by atoms with Crippen molar-refractivity contribution in [2.45, 2.75) is 39.0 Å². The first-order chi connectivity index (χ1) is 21.2. The predicted molar refractivity (Wildman–Crippen MR) is 168 cm³/mol. The smallest absolute Gasteiger partial charge is 0.318 e. The highest BCUT2D eigenvalue weighted by Crippen LogP contribution is 2.35. The van der Waals surface area contributed by atoms with Gasteiger partial charge in [0.1, 0.15) is 5.82 Å². The number of aromatic nitrogens is 2. The number of carbonyl (C=O) groups is 1. The number of carbonyl (C=O) groups excluding carboxylic acids is 1. The van der Waals surface area contributed by atoms with Gasteiger partial charge in [-0.15, -0.1) is 0 Å². The molecule has 1 amide bonds. The van der Waals surface area contributed by atoms with Gasteiger partial charge in [-0.05, 0) is 43.7 Å². The number of β-amino-alcohol motifs (C(OH)–C–C–N with tert-alkyl or cyclic N) is 1. The highest BCUT2D eigenvalue weighted by molar-refractivity contribution is 5.97. The molecule has 1 N–H and O–H groups in total. The zero-order chi connectivity index (χ0) is 30.8. The number of morpholine rings is 1. The van der Waals surface area contributed by atoms with E-state index in [1.165, 1.54) is 26.9 Å². The summed E-state index contributed by atoms with van der Waals surface area (Å²) in [5, 5.41) is 12.7. The van der Waals surface area contributed by atoms with Crippen molar-refractivity contribution in [3.8, 4) is 6.01 Å². The van der Waals surface area contributed by atoms with Crippen molar-refractivity contribution in [3.63, 3.8) is 0 Å². The van der Waals surface area contributed by atoms with Crippen LogP contribution in [0.2, 0.25) is 0 Å². The van der Waals surface area contributed by atoms with Gasteiger partial charge in [-0.3, -0.25) is 9.69 Å². The number of hydrogen-bond donors (Lipinski definition) is 1. The van der Waals surface area contributed by atoms with Crippen LogP contribution in [0, 0.1) is 6.92 Å². The van der Waals surface area contributed by atoms with Crippen LogP contribution >= 0.6 is 0 Å². The van der Waals surface area contributed by atoms with Crippen LogP contribution in [0.1, 0.15) is 30.2 Å². The minimum atomic E-state index is -1.13. The maximum Gasteiger partial charge on any atom is 0.318 e. The van der Waals surface area contributed by atoms with Crippen molar-refractivity contribution in [1.29, 1.82) is 0 Å². The fourth-order valence-electron chi connectivity index (χ4n) is 6.56. The maximum atomic E-state index is 13.5. The third-order valence-corrected chi connectivity index (χ3v) is 8.74. The molecule has 11 heteroatoms. The molecule has 3 aliphatic heterocycles. The minimum absolute atomic E-state index is 0.333. The monoisotopic (exact) mass is 604 g/mol. The molecule has 3 aromatic rings. The molecule has 3 aliphatic rings. The van der Waals surface area contributed by atoms with E-state index in [4.69, 9.17) is 19.4 Å². The molecule has 234 valence electrons. The van der Waals surface area contributed by atoms with Crippen molar-refractivity contribution in [1.82, 2.24) is 19.8 Å². The molecular weight excluding hydrogens is 563 g/mol. The Hall–Kier alpha value is -3.80. The lowest BCUT2D eigenvalue weighted by atomic mass is 9.99. The average molecular weight is 605 g/mol. The van der Waals surface area contributed by atoms with E-state index in [1.54, 1.807) is 6.92 Å². The Morgan fingerprint density at radius 3 is 2.61 bits per heavy atom. The van der Waals surface area contributed by atoms with Crippen molar-refractivity contribution < 1.29 is 23.8 Å². The summed E-state index contributed by atoms with van der Waals surface area (Å²) in [7, 11) is 0. The van der Waals surface area contributed by atoms with Gasteiger partial charge in [0.05, 0.1) is 32.0 Å². The summed E-state index contributed by atoms with van der Waals surface area (Å²) >= 11 is 0. The molecule has 1 aromatic heterocycles. The van der Waals surface area contributed by atoms with Gasteiger partial charge >= 0.3 is 6.01 Å². The number of ether oxygens (including phenoxy) is 2. The molecule has 44 heavy (non-hydrogen) atoms. The van der Waals surface area contributed by atoms with Gasteiger partial charge in [0.15, 0.2) is 11.6 Å². The largest absolute Gasteiger partial charge is 0.463 e. The number of piperazine rings is 1. The Bertz CT molecular complexity index is 1530. The molecule has 4 heterocycles. The van der Waals surface area contributed by atoms with Crippen LogP contribution in [0.5, 0.6) is 6.01 Å². The number of rotatable bonds is 8. The first-order valence-electron chi connectivity index (χ1n) is 15.4. The van der Waals surface area contributed by atoms with E-state index in [0.717, 1.165) is 49.6 Å². The molecule has 0 unspecified atom stereocenters. The van der Waals surface area contributed by atoms with Gasteiger partial charge in [0.25, 0.3) is 5.91 Å². The lowest BCUT2D eigenvalue weighted by Crippen LogP contribution is -2.50. The second kappa shape index (κ2) is 12.7. The summed E-state index contributed by atoms with van der Waals surface area (Å²) in [6.07, 6.45) is 1.52. The first kappa shape index (κ1) is 30.2. The van der Waals surface area contributed by atoms with Crippen molar-refractivity contribution in [2.24, 2.45) is 0 Å². The lowest BCUT2D eigenvalue weighted by molar-refractivity contribution is -0.226. The average Bonchev–Trinajstić information content (AvgIpc) is 3.01. The third-order valence-electron chi connectivity index (χ3n) is 8.74. The quantitative estimate of drug-likeness (QED) is 0.307. The highest BCUT2D eigenvalue weighted by atomic mass is 19.1. The maximum absolute atomic E-state index is 13.5. The second-order valence-electron chi connectivity index (χ2n) is 12.1. The Balaban J connectivity index is 1.22. The number of amides is 1. The van der Waals surface area contributed by atoms with E-state index in [2.05, 4.69) is 64.6 Å². The molecule has 0 aliphatic carbocycles. The van der Waals surface area contributed by atoms with E-state index >= 15 is 0 Å². The number of benzene rings is 2. The third kappa shape index (κ3) is 6.50. The topological polar surface area (TPSA) is 94.5 Å². The van der Waals surface area contributed by atoms with Gasteiger partial charge in [-0.25, -0.2) is 4.39 Å². The summed E-state index contributed by atoms with van der Waals surface area (Å²) in [6, 6.07) is 13.2. The van der Waals surface area contributed by atoms with Gasteiger partial charge in [0.2, 0.25) is 0 Å². The van der Waals surface area contributed by atoms with E-state index in [0.29, 0.717) is 58.5 Å². The van der Waals surface area contributed by atoms with Crippen molar-refractivity contribution in [3.05, 3.63) is 65.6 Å². The van der Waals surface area contributed by atoms with Crippen LogP contribution in [0.3, 0.4) is 0 Å². The summed E-state index contributed by atoms with van der Waals surface area (Å²) in [5.74, 6) is -1.88. The number of anilines is 2. The molecule has 10 nitrogen and oxygen atoms in total. The minimum Gasteiger partial charge on any atom is -0.463 e. The molecule has 0 bridgehead atoms. The number of aliphatic hydroxyl groups is 1. The number of halogens is 1. The SMILES string of the molecule is C=C(F)C(=O)N1CCN(c2nc(OCCCN3CCO[C@](C)(O)C3)nc3c2CCN(c2cccc4cccc(C)c24)C3)CC1. The van der Waals surface area contributed by atoms with E-state index in [9.17, 15) is 14.3 Å². The van der Waals surface area contributed by atoms with Crippen LogP contribution in [-0.2, 0) is 22.5 Å². The number of nitrogens with zero attached hydrogens (tertiary/aromatic N) is 6. The molecule has 0 radical (unpaired) electrons. The van der Waals surface area contributed by atoms with E-state index in [-0.39, 0.29) is 0 Å². The predicted octanol–water partition coefficient (Wildman–Crippen LogP) is 3.44. The van der Waals surface area contributed by atoms with Gasteiger partial charge in [-0.2, -0.15) is 9.97 Å². The van der Waals surface area contributed by atoms with Crippen LogP contribution in [0.25, 0.3) is 10.8 Å². The van der Waals surface area contributed by atoms with Crippen LogP contribution in [0.15, 0.2) is 48.8 Å². The summed E-state index contributed by atoms with van der Waals surface area (Å²) in [5.41, 5.74) is 4.45. The molecule has 2 aromatic carbocycles. The summed E-state index contributed by atoms with van der Waals surface area (Å²) in [4.78, 5) is 30.2.